The van der Waals surface area contributed by atoms with Gasteiger partial charge >= 0.3 is 0 Å². The second-order valence-electron chi connectivity index (χ2n) is 6.67. The topological polar surface area (TPSA) is 87.7 Å². The summed E-state index contributed by atoms with van der Waals surface area (Å²) in [4.78, 5) is 7.99. The second kappa shape index (κ2) is 6.54. The van der Waals surface area contributed by atoms with E-state index in [0.29, 0.717) is 35.2 Å². The van der Waals surface area contributed by atoms with Crippen LogP contribution in [0.1, 0.15) is 30.2 Å². The molecule has 137 valence electrons. The van der Waals surface area contributed by atoms with Crippen molar-refractivity contribution in [2.45, 2.75) is 19.8 Å². The molecule has 0 aliphatic heterocycles. The summed E-state index contributed by atoms with van der Waals surface area (Å²) in [6, 6.07) is 13.7. The summed E-state index contributed by atoms with van der Waals surface area (Å²) >= 11 is 0. The molecule has 0 fully saturated rings. The van der Waals surface area contributed by atoms with Crippen LogP contribution in [-0.4, -0.2) is 21.7 Å². The van der Waals surface area contributed by atoms with Gasteiger partial charge in [-0.1, -0.05) is 11.2 Å². The number of nitriles is 1. The molecule has 0 unspecified atom stereocenters. The Morgan fingerprint density at radius 2 is 2.21 bits per heavy atom. The third kappa shape index (κ3) is 2.55. The van der Waals surface area contributed by atoms with Gasteiger partial charge in [0.25, 0.3) is 5.89 Å². The highest BCUT2D eigenvalue weighted by Gasteiger charge is 2.20. The van der Waals surface area contributed by atoms with Crippen LogP contribution in [0.5, 0.6) is 5.75 Å². The molecule has 6 nitrogen and oxygen atoms in total. The van der Waals surface area contributed by atoms with E-state index >= 15 is 0 Å². The predicted octanol–water partition coefficient (Wildman–Crippen LogP) is 4.65. The van der Waals surface area contributed by atoms with Crippen molar-refractivity contribution in [2.24, 2.45) is 0 Å². The molecule has 1 aliphatic carbocycles. The van der Waals surface area contributed by atoms with Crippen LogP contribution in [0.4, 0.5) is 0 Å². The van der Waals surface area contributed by atoms with Crippen molar-refractivity contribution in [3.8, 4) is 34.7 Å². The SMILES string of the molecule is CCOc1cccc(-c2nc(-c3ccc4[nH]c5c(c4c3)CC[CH]5)no2)c1C#N. The van der Waals surface area contributed by atoms with E-state index in [2.05, 4.69) is 33.7 Å². The van der Waals surface area contributed by atoms with E-state index in [-0.39, 0.29) is 0 Å². The third-order valence-electron chi connectivity index (χ3n) is 5.03. The van der Waals surface area contributed by atoms with Crippen molar-refractivity contribution in [2.75, 3.05) is 6.61 Å². The molecule has 2 heterocycles. The summed E-state index contributed by atoms with van der Waals surface area (Å²) in [6.45, 7) is 2.36. The Labute approximate surface area is 161 Å². The molecule has 6 heteroatoms. The fraction of sp³-hybridized carbons (Fsp3) is 0.182. The predicted molar refractivity (Wildman–Crippen MR) is 105 cm³/mol. The Hall–Kier alpha value is -3.59. The zero-order chi connectivity index (χ0) is 19.1. The van der Waals surface area contributed by atoms with Crippen LogP contribution >= 0.6 is 0 Å². The molecule has 4 aromatic rings. The molecule has 1 radical (unpaired) electrons. The minimum absolute atomic E-state index is 0.306. The lowest BCUT2D eigenvalue weighted by molar-refractivity contribution is 0.339. The van der Waals surface area contributed by atoms with Crippen molar-refractivity contribution >= 4 is 10.9 Å². The molecule has 1 aliphatic rings. The van der Waals surface area contributed by atoms with Gasteiger partial charge in [-0.15, -0.1) is 0 Å². The normalized spacial score (nSPS) is 12.9. The maximum Gasteiger partial charge on any atom is 0.259 e. The molecule has 0 spiro atoms. The fourth-order valence-corrected chi connectivity index (χ4v) is 3.76. The molecule has 0 saturated heterocycles. The van der Waals surface area contributed by atoms with Gasteiger partial charge in [0, 0.05) is 28.6 Å². The number of H-pyrrole nitrogens is 1. The van der Waals surface area contributed by atoms with E-state index in [4.69, 9.17) is 9.26 Å². The Balaban J connectivity index is 1.56. The minimum Gasteiger partial charge on any atom is -0.492 e. The van der Waals surface area contributed by atoms with Crippen molar-refractivity contribution in [1.82, 2.24) is 15.1 Å². The lowest BCUT2D eigenvalue weighted by atomic mass is 10.1. The van der Waals surface area contributed by atoms with Crippen LogP contribution in [-0.2, 0) is 6.42 Å². The number of nitrogens with zero attached hydrogens (tertiary/aromatic N) is 3. The molecule has 0 amide bonds. The molecule has 2 aromatic carbocycles. The highest BCUT2D eigenvalue weighted by Crippen LogP contribution is 2.34. The van der Waals surface area contributed by atoms with Crippen LogP contribution in [0.15, 0.2) is 40.9 Å². The van der Waals surface area contributed by atoms with Crippen LogP contribution in [0, 0.1) is 17.8 Å². The molecule has 2 aromatic heterocycles. The van der Waals surface area contributed by atoms with E-state index in [0.717, 1.165) is 23.9 Å². The van der Waals surface area contributed by atoms with Gasteiger partial charge in [-0.3, -0.25) is 0 Å². The highest BCUT2D eigenvalue weighted by molar-refractivity contribution is 5.89. The van der Waals surface area contributed by atoms with Gasteiger partial charge in [0.15, 0.2) is 0 Å². The summed E-state index contributed by atoms with van der Waals surface area (Å²) in [6.07, 6.45) is 4.35. The lowest BCUT2D eigenvalue weighted by Gasteiger charge is -2.06. The van der Waals surface area contributed by atoms with E-state index in [1.165, 1.54) is 16.6 Å². The third-order valence-corrected chi connectivity index (χ3v) is 5.03. The maximum absolute atomic E-state index is 9.57. The summed E-state index contributed by atoms with van der Waals surface area (Å²) in [5.74, 6) is 1.32. The number of aryl methyl sites for hydroxylation is 1. The number of fused-ring (bicyclic) bond motifs is 3. The average Bonchev–Trinajstić information content (AvgIpc) is 3.43. The average molecular weight is 369 g/mol. The van der Waals surface area contributed by atoms with Crippen molar-refractivity contribution in [1.29, 1.82) is 5.26 Å². The van der Waals surface area contributed by atoms with Gasteiger partial charge in [0.2, 0.25) is 5.82 Å². The number of hydrogen-bond acceptors (Lipinski definition) is 5. The van der Waals surface area contributed by atoms with E-state index in [9.17, 15) is 5.26 Å². The number of rotatable bonds is 4. The first kappa shape index (κ1) is 16.6. The molecule has 0 bridgehead atoms. The first-order valence-corrected chi connectivity index (χ1v) is 9.26. The van der Waals surface area contributed by atoms with Crippen molar-refractivity contribution in [3.05, 3.63) is 59.6 Å². The number of aromatic nitrogens is 3. The van der Waals surface area contributed by atoms with Crippen LogP contribution < -0.4 is 4.74 Å². The van der Waals surface area contributed by atoms with Crippen LogP contribution in [0.3, 0.4) is 0 Å². The van der Waals surface area contributed by atoms with Crippen molar-refractivity contribution in [3.63, 3.8) is 0 Å². The van der Waals surface area contributed by atoms with Crippen molar-refractivity contribution < 1.29 is 9.26 Å². The smallest absolute Gasteiger partial charge is 0.259 e. The van der Waals surface area contributed by atoms with Gasteiger partial charge in [0.1, 0.15) is 17.4 Å². The molecule has 0 saturated carbocycles. The monoisotopic (exact) mass is 369 g/mol. The number of hydrogen-bond donors (Lipinski definition) is 1. The van der Waals surface area contributed by atoms with E-state index in [1.54, 1.807) is 12.1 Å². The lowest BCUT2D eigenvalue weighted by Crippen LogP contribution is -1.96. The minimum atomic E-state index is 0.306. The first-order valence-electron chi connectivity index (χ1n) is 9.26. The number of aromatic amines is 1. The largest absolute Gasteiger partial charge is 0.492 e. The number of nitrogens with one attached hydrogen (secondary N) is 1. The Morgan fingerprint density at radius 3 is 3.07 bits per heavy atom. The summed E-state index contributed by atoms with van der Waals surface area (Å²) in [5, 5.41) is 14.9. The fourth-order valence-electron chi connectivity index (χ4n) is 3.76. The molecular weight excluding hydrogens is 352 g/mol. The Bertz CT molecular complexity index is 1230. The van der Waals surface area contributed by atoms with Gasteiger partial charge < -0.3 is 14.2 Å². The standard InChI is InChI=1S/C22H17N4O2/c1-2-27-20-8-4-6-15(17(20)12-23)22-25-21(26-28-22)13-9-10-19-16(11-13)14-5-3-7-18(14)24-19/h4,6-11,24H,2-3,5H2,1H3. The second-order valence-corrected chi connectivity index (χ2v) is 6.67. The molecule has 0 atom stereocenters. The zero-order valence-corrected chi connectivity index (χ0v) is 15.3. The number of ether oxygens (including phenoxy) is 1. The summed E-state index contributed by atoms with van der Waals surface area (Å²) in [5.41, 5.74) is 5.53. The molecule has 1 N–H and O–H groups in total. The van der Waals surface area contributed by atoms with Gasteiger partial charge in [-0.05, 0) is 55.7 Å². The van der Waals surface area contributed by atoms with E-state index < -0.39 is 0 Å². The Kier molecular flexibility index (Phi) is 3.87. The summed E-state index contributed by atoms with van der Waals surface area (Å²) < 4.78 is 11.0. The Morgan fingerprint density at radius 1 is 1.29 bits per heavy atom. The van der Waals surface area contributed by atoms with Crippen LogP contribution in [0.2, 0.25) is 0 Å². The van der Waals surface area contributed by atoms with E-state index in [1.807, 2.05) is 25.1 Å². The molecular formula is C22H17N4O2. The summed E-state index contributed by atoms with van der Waals surface area (Å²) in [7, 11) is 0. The number of benzene rings is 2. The van der Waals surface area contributed by atoms with Gasteiger partial charge in [0.05, 0.1) is 12.2 Å². The molecule has 28 heavy (non-hydrogen) atoms. The van der Waals surface area contributed by atoms with Gasteiger partial charge in [-0.2, -0.15) is 10.2 Å². The quantitative estimate of drug-likeness (QED) is 0.565. The highest BCUT2D eigenvalue weighted by atomic mass is 16.5. The maximum atomic E-state index is 9.57. The van der Waals surface area contributed by atoms with Crippen LogP contribution in [0.25, 0.3) is 33.7 Å². The van der Waals surface area contributed by atoms with Gasteiger partial charge in [-0.25, -0.2) is 0 Å². The first-order chi connectivity index (χ1) is 13.8. The molecule has 5 rings (SSSR count). The zero-order valence-electron chi connectivity index (χ0n) is 15.3.